The van der Waals surface area contributed by atoms with Crippen molar-refractivity contribution < 1.29 is 14.3 Å². The molecule has 16 heavy (non-hydrogen) atoms. The number of alkyl halides is 1. The Bertz CT molecular complexity index is 342. The molecule has 0 aromatic rings. The lowest BCUT2D eigenvalue weighted by molar-refractivity contribution is -0.486. The minimum Gasteiger partial charge on any atom is -0.624 e. The van der Waals surface area contributed by atoms with Gasteiger partial charge in [-0.2, -0.15) is 0 Å². The molecule has 0 aromatic heterocycles. The van der Waals surface area contributed by atoms with Crippen molar-refractivity contribution in [3.05, 3.63) is 5.21 Å². The number of carbonyl (C=O) groups excluding carboxylic acids is 1. The Kier molecular flexibility index (Phi) is 3.24. The van der Waals surface area contributed by atoms with Gasteiger partial charge < -0.3 is 9.94 Å². The molecule has 1 aliphatic carbocycles. The van der Waals surface area contributed by atoms with Crippen LogP contribution in [-0.4, -0.2) is 34.4 Å². The van der Waals surface area contributed by atoms with Crippen molar-refractivity contribution in [3.63, 3.8) is 0 Å². The highest BCUT2D eigenvalue weighted by Gasteiger charge is 2.59. The van der Waals surface area contributed by atoms with E-state index in [4.69, 9.17) is 4.74 Å². The molecule has 1 heterocycles. The highest BCUT2D eigenvalue weighted by atomic mass is 79.9. The van der Waals surface area contributed by atoms with Crippen LogP contribution in [0.5, 0.6) is 0 Å². The van der Waals surface area contributed by atoms with Crippen LogP contribution in [0.25, 0.3) is 0 Å². The highest BCUT2D eigenvalue weighted by molar-refractivity contribution is 9.09. The Labute approximate surface area is 103 Å². The molecule has 0 aromatic carbocycles. The smallest absolute Gasteiger partial charge is 0.322 e. The zero-order chi connectivity index (χ0) is 11.8. The van der Waals surface area contributed by atoms with Gasteiger partial charge in [0.25, 0.3) is 0 Å². The number of ether oxygens (including phenoxy) is 1. The summed E-state index contributed by atoms with van der Waals surface area (Å²) in [6.07, 6.45) is 3.03. The third-order valence-corrected chi connectivity index (χ3v) is 4.34. The maximum atomic E-state index is 12.0. The summed E-state index contributed by atoms with van der Waals surface area (Å²) in [6, 6.07) is -0.111. The molecular weight excluding hydrogens is 274 g/mol. The van der Waals surface area contributed by atoms with Crippen LogP contribution in [0.2, 0.25) is 0 Å². The third kappa shape index (κ3) is 1.56. The maximum absolute atomic E-state index is 12.0. The second kappa shape index (κ2) is 4.35. The lowest BCUT2D eigenvalue weighted by atomic mass is 9.82. The number of halogens is 1. The third-order valence-electron chi connectivity index (χ3n) is 3.60. The van der Waals surface area contributed by atoms with Crippen LogP contribution >= 0.6 is 15.9 Å². The van der Waals surface area contributed by atoms with Crippen molar-refractivity contribution in [2.75, 3.05) is 11.9 Å². The number of nitrogens with zero attached hydrogens (tertiary/aromatic N) is 1. The molecule has 2 aliphatic rings. The molecule has 0 amide bonds. The average Bonchev–Trinajstić information content (AvgIpc) is 2.79. The Hall–Kier alpha value is -0.580. The summed E-state index contributed by atoms with van der Waals surface area (Å²) in [6.45, 7) is 2.18. The Morgan fingerprint density at radius 2 is 2.50 bits per heavy atom. The van der Waals surface area contributed by atoms with Gasteiger partial charge in [0.2, 0.25) is 0 Å². The van der Waals surface area contributed by atoms with Crippen LogP contribution in [0.4, 0.5) is 0 Å². The van der Waals surface area contributed by atoms with E-state index < -0.39 is 5.41 Å². The van der Waals surface area contributed by atoms with E-state index in [1.807, 2.05) is 0 Å². The molecule has 90 valence electrons. The van der Waals surface area contributed by atoms with Crippen LogP contribution in [0, 0.1) is 10.6 Å². The van der Waals surface area contributed by atoms with Crippen LogP contribution in [0.3, 0.4) is 0 Å². The minimum absolute atomic E-state index is 0.111. The molecule has 0 bridgehead atoms. The molecule has 0 saturated heterocycles. The first-order valence-corrected chi connectivity index (χ1v) is 6.83. The van der Waals surface area contributed by atoms with Gasteiger partial charge in [-0.25, -0.2) is 4.74 Å². The van der Waals surface area contributed by atoms with Gasteiger partial charge in [-0.3, -0.25) is 4.79 Å². The molecule has 2 atom stereocenters. The summed E-state index contributed by atoms with van der Waals surface area (Å²) < 4.78 is 6.17. The van der Waals surface area contributed by atoms with Gasteiger partial charge in [-0.05, 0) is 19.8 Å². The molecule has 1 fully saturated rings. The number of hydrogen-bond donors (Lipinski definition) is 0. The van der Waals surface area contributed by atoms with Gasteiger partial charge in [0.05, 0.1) is 11.9 Å². The van der Waals surface area contributed by atoms with E-state index >= 15 is 0 Å². The molecular formula is C11H16BrNO3. The number of carbonyl (C=O) groups is 1. The van der Waals surface area contributed by atoms with Crippen LogP contribution in [0.15, 0.2) is 0 Å². The first-order chi connectivity index (χ1) is 7.65. The summed E-state index contributed by atoms with van der Waals surface area (Å²) in [5.41, 5.74) is 0.145. The fourth-order valence-electron chi connectivity index (χ4n) is 2.88. The Morgan fingerprint density at radius 1 is 1.75 bits per heavy atom. The summed E-state index contributed by atoms with van der Waals surface area (Å²) in [7, 11) is 0. The quantitative estimate of drug-likeness (QED) is 0.345. The second-order valence-electron chi connectivity index (χ2n) is 4.44. The topological polar surface area (TPSA) is 52.4 Å². The summed E-state index contributed by atoms with van der Waals surface area (Å²) in [5.74, 6) is -0.202. The Morgan fingerprint density at radius 3 is 3.12 bits per heavy atom. The predicted octanol–water partition coefficient (Wildman–Crippen LogP) is 1.84. The normalized spacial score (nSPS) is 33.0. The molecule has 1 saturated carbocycles. The maximum Gasteiger partial charge on any atom is 0.322 e. The van der Waals surface area contributed by atoms with E-state index in [2.05, 4.69) is 15.9 Å². The first kappa shape index (κ1) is 11.9. The molecule has 2 rings (SSSR count). The van der Waals surface area contributed by atoms with Crippen molar-refractivity contribution in [2.45, 2.75) is 38.6 Å². The molecule has 4 nitrogen and oxygen atoms in total. The second-order valence-corrected chi connectivity index (χ2v) is 5.09. The number of rotatable bonds is 3. The fourth-order valence-corrected chi connectivity index (χ4v) is 3.37. The number of hydroxylamine groups is 1. The molecule has 5 heteroatoms. The van der Waals surface area contributed by atoms with Crippen molar-refractivity contribution in [1.82, 2.24) is 0 Å². The fraction of sp³-hybridized carbons (Fsp3) is 0.818. The summed E-state index contributed by atoms with van der Waals surface area (Å²) in [5, 5.41) is 12.6. The Balaban J connectivity index is 2.31. The van der Waals surface area contributed by atoms with Crippen LogP contribution in [0.1, 0.15) is 32.6 Å². The van der Waals surface area contributed by atoms with E-state index in [9.17, 15) is 10.0 Å². The molecule has 0 radical (unpaired) electrons. The highest BCUT2D eigenvalue weighted by Crippen LogP contribution is 2.45. The number of hydrogen-bond acceptors (Lipinski definition) is 3. The average molecular weight is 290 g/mol. The van der Waals surface area contributed by atoms with Crippen molar-refractivity contribution in [3.8, 4) is 0 Å². The van der Waals surface area contributed by atoms with Crippen LogP contribution < -0.4 is 0 Å². The predicted molar refractivity (Wildman–Crippen MR) is 63.8 cm³/mol. The SMILES string of the molecule is CCOC(=O)C12CCCC1=[N+]([O-])C(CBr)C2. The standard InChI is InChI=1S/C11H16BrNO3/c1-2-16-10(14)11-5-3-4-9(11)13(15)8(6-11)7-12/h8H,2-7H2,1H3. The lowest BCUT2D eigenvalue weighted by Gasteiger charge is -2.19. The van der Waals surface area contributed by atoms with E-state index in [-0.39, 0.29) is 12.0 Å². The van der Waals surface area contributed by atoms with Gasteiger partial charge in [0.1, 0.15) is 0 Å². The molecule has 2 unspecified atom stereocenters. The van der Waals surface area contributed by atoms with Crippen molar-refractivity contribution in [1.29, 1.82) is 0 Å². The van der Waals surface area contributed by atoms with Crippen LogP contribution in [-0.2, 0) is 9.53 Å². The van der Waals surface area contributed by atoms with Crippen molar-refractivity contribution >= 4 is 27.6 Å². The zero-order valence-corrected chi connectivity index (χ0v) is 11.0. The van der Waals surface area contributed by atoms with E-state index in [1.165, 1.54) is 0 Å². The molecule has 1 aliphatic heterocycles. The van der Waals surface area contributed by atoms with Gasteiger partial charge in [-0.15, -0.1) is 0 Å². The first-order valence-electron chi connectivity index (χ1n) is 5.71. The van der Waals surface area contributed by atoms with E-state index in [1.54, 1.807) is 6.92 Å². The largest absolute Gasteiger partial charge is 0.624 e. The van der Waals surface area contributed by atoms with Crippen molar-refractivity contribution in [2.24, 2.45) is 5.41 Å². The minimum atomic E-state index is -0.601. The lowest BCUT2D eigenvalue weighted by Crippen LogP contribution is -2.35. The van der Waals surface area contributed by atoms with Gasteiger partial charge in [0.15, 0.2) is 17.2 Å². The number of esters is 1. The number of fused-ring (bicyclic) bond motifs is 1. The van der Waals surface area contributed by atoms with E-state index in [0.29, 0.717) is 18.4 Å². The summed E-state index contributed by atoms with van der Waals surface area (Å²) in [4.78, 5) is 12.0. The zero-order valence-electron chi connectivity index (χ0n) is 9.37. The molecule has 0 N–H and O–H groups in total. The molecule has 0 spiro atoms. The van der Waals surface area contributed by atoms with Gasteiger partial charge >= 0.3 is 5.97 Å². The van der Waals surface area contributed by atoms with Gasteiger partial charge in [-0.1, -0.05) is 15.9 Å². The monoisotopic (exact) mass is 289 g/mol. The van der Waals surface area contributed by atoms with Gasteiger partial charge in [0, 0.05) is 12.8 Å². The summed E-state index contributed by atoms with van der Waals surface area (Å²) >= 11 is 3.33. The van der Waals surface area contributed by atoms with E-state index in [0.717, 1.165) is 29.7 Å².